The van der Waals surface area contributed by atoms with E-state index >= 15 is 0 Å². The first-order valence-corrected chi connectivity index (χ1v) is 10.2. The molecule has 5 rings (SSSR count). The monoisotopic (exact) mass is 395 g/mol. The van der Waals surface area contributed by atoms with Crippen LogP contribution >= 0.6 is 11.6 Å². The molecule has 0 aliphatic carbocycles. The number of likely N-dealkylation sites (tertiary alicyclic amines) is 1. The summed E-state index contributed by atoms with van der Waals surface area (Å²) in [4.78, 5) is 27.1. The first kappa shape index (κ1) is 17.6. The normalized spacial score (nSPS) is 21.0. The van der Waals surface area contributed by atoms with Crippen LogP contribution in [0.4, 0.5) is 0 Å². The summed E-state index contributed by atoms with van der Waals surface area (Å²) in [5, 5.41) is 1.76. The number of halogens is 1. The molecule has 2 aliphatic heterocycles. The van der Waals surface area contributed by atoms with Crippen LogP contribution in [0.2, 0.25) is 5.02 Å². The summed E-state index contributed by atoms with van der Waals surface area (Å²) in [5.74, 6) is 0.809. The minimum absolute atomic E-state index is 0.0742. The van der Waals surface area contributed by atoms with Gasteiger partial charge in [-0.1, -0.05) is 23.7 Å². The van der Waals surface area contributed by atoms with Gasteiger partial charge in [0.1, 0.15) is 0 Å². The number of hydrogen-bond acceptors (Lipinski definition) is 2. The maximum atomic E-state index is 12.9. The molecule has 144 valence electrons. The molecular formula is C22H22ClN3O2. The fraction of sp³-hybridized carbons (Fsp3) is 0.364. The Morgan fingerprint density at radius 1 is 1.07 bits per heavy atom. The molecule has 0 spiro atoms. The zero-order chi connectivity index (χ0) is 19.3. The molecule has 0 saturated carbocycles. The Labute approximate surface area is 168 Å². The second-order valence-corrected chi connectivity index (χ2v) is 8.34. The van der Waals surface area contributed by atoms with Gasteiger partial charge in [-0.05, 0) is 36.6 Å². The van der Waals surface area contributed by atoms with E-state index in [1.54, 1.807) is 6.07 Å². The molecule has 0 N–H and O–H groups in total. The zero-order valence-corrected chi connectivity index (χ0v) is 16.3. The third kappa shape index (κ3) is 2.94. The van der Waals surface area contributed by atoms with Crippen LogP contribution in [0.3, 0.4) is 0 Å². The van der Waals surface area contributed by atoms with Crippen LogP contribution in [0.5, 0.6) is 0 Å². The van der Waals surface area contributed by atoms with E-state index in [0.29, 0.717) is 25.4 Å². The number of fused-ring (bicyclic) bond motifs is 5. The van der Waals surface area contributed by atoms with Crippen molar-refractivity contribution in [1.29, 1.82) is 0 Å². The van der Waals surface area contributed by atoms with Crippen molar-refractivity contribution < 1.29 is 4.79 Å². The maximum Gasteiger partial charge on any atom is 0.250 e. The maximum absolute atomic E-state index is 12.9. The molecule has 2 atom stereocenters. The lowest BCUT2D eigenvalue weighted by Crippen LogP contribution is -2.49. The Balaban J connectivity index is 1.30. The van der Waals surface area contributed by atoms with Crippen molar-refractivity contribution in [2.24, 2.45) is 5.92 Å². The molecule has 2 aliphatic rings. The van der Waals surface area contributed by atoms with Gasteiger partial charge < -0.3 is 14.0 Å². The Bertz CT molecular complexity index is 1120. The first-order chi connectivity index (χ1) is 13.6. The SMILES string of the molecule is O=C(CCn1ccc2c(Cl)cccc21)N1C[C@H]2C[C@@H](C1)c1cccc(=O)n1C2. The molecule has 2 bridgehead atoms. The van der Waals surface area contributed by atoms with E-state index in [9.17, 15) is 9.59 Å². The molecule has 5 nitrogen and oxygen atoms in total. The van der Waals surface area contributed by atoms with Gasteiger partial charge in [0.05, 0.1) is 0 Å². The van der Waals surface area contributed by atoms with Gasteiger partial charge in [-0.3, -0.25) is 9.59 Å². The van der Waals surface area contributed by atoms with E-state index in [0.717, 1.165) is 41.1 Å². The van der Waals surface area contributed by atoms with E-state index in [1.165, 1.54) is 0 Å². The lowest BCUT2D eigenvalue weighted by atomic mass is 9.83. The molecule has 1 amide bonds. The molecule has 1 fully saturated rings. The molecule has 1 saturated heterocycles. The van der Waals surface area contributed by atoms with E-state index in [1.807, 2.05) is 52.1 Å². The van der Waals surface area contributed by atoms with Gasteiger partial charge in [-0.2, -0.15) is 0 Å². The highest BCUT2D eigenvalue weighted by Crippen LogP contribution is 2.35. The van der Waals surface area contributed by atoms with Gasteiger partial charge in [0.2, 0.25) is 5.91 Å². The number of pyridine rings is 1. The Morgan fingerprint density at radius 3 is 2.82 bits per heavy atom. The van der Waals surface area contributed by atoms with Crippen LogP contribution in [0.25, 0.3) is 10.9 Å². The third-order valence-corrected chi connectivity index (χ3v) is 6.49. The molecule has 6 heteroatoms. The number of benzene rings is 1. The number of amides is 1. The van der Waals surface area contributed by atoms with Gasteiger partial charge in [-0.25, -0.2) is 0 Å². The van der Waals surface area contributed by atoms with E-state index < -0.39 is 0 Å². The molecule has 1 aromatic carbocycles. The van der Waals surface area contributed by atoms with E-state index in [-0.39, 0.29) is 17.4 Å². The molecule has 4 heterocycles. The van der Waals surface area contributed by atoms with Crippen molar-refractivity contribution in [3.05, 3.63) is 69.7 Å². The second-order valence-electron chi connectivity index (χ2n) is 7.93. The summed E-state index contributed by atoms with van der Waals surface area (Å²) in [7, 11) is 0. The zero-order valence-electron chi connectivity index (χ0n) is 15.6. The van der Waals surface area contributed by atoms with Crippen molar-refractivity contribution in [1.82, 2.24) is 14.0 Å². The van der Waals surface area contributed by atoms with Crippen LogP contribution < -0.4 is 5.56 Å². The number of nitrogens with zero attached hydrogens (tertiary/aromatic N) is 3. The quantitative estimate of drug-likeness (QED) is 0.681. The van der Waals surface area contributed by atoms with Gasteiger partial charge in [0, 0.05) is 72.4 Å². The van der Waals surface area contributed by atoms with Crippen LogP contribution in [0.15, 0.2) is 53.5 Å². The van der Waals surface area contributed by atoms with Crippen molar-refractivity contribution >= 4 is 28.4 Å². The minimum Gasteiger partial charge on any atom is -0.347 e. The number of carbonyl (C=O) groups excluding carboxylic acids is 1. The molecular weight excluding hydrogens is 374 g/mol. The van der Waals surface area contributed by atoms with Crippen molar-refractivity contribution in [2.45, 2.75) is 31.8 Å². The van der Waals surface area contributed by atoms with Gasteiger partial charge in [-0.15, -0.1) is 0 Å². The largest absolute Gasteiger partial charge is 0.347 e. The third-order valence-electron chi connectivity index (χ3n) is 6.16. The highest BCUT2D eigenvalue weighted by atomic mass is 35.5. The van der Waals surface area contributed by atoms with Crippen LogP contribution in [0, 0.1) is 5.92 Å². The average molecular weight is 396 g/mol. The fourth-order valence-electron chi connectivity index (χ4n) is 4.86. The smallest absolute Gasteiger partial charge is 0.250 e. The molecule has 3 aromatic rings. The summed E-state index contributed by atoms with van der Waals surface area (Å²) in [5.41, 5.74) is 2.21. The number of aryl methyl sites for hydroxylation is 1. The molecule has 28 heavy (non-hydrogen) atoms. The van der Waals surface area contributed by atoms with Gasteiger partial charge in [0.25, 0.3) is 5.56 Å². The lowest BCUT2D eigenvalue weighted by Gasteiger charge is -2.42. The number of hydrogen-bond donors (Lipinski definition) is 0. The summed E-state index contributed by atoms with van der Waals surface area (Å²) in [6, 6.07) is 13.3. The lowest BCUT2D eigenvalue weighted by molar-refractivity contribution is -0.134. The predicted molar refractivity (Wildman–Crippen MR) is 110 cm³/mol. The summed E-state index contributed by atoms with van der Waals surface area (Å²) in [6.07, 6.45) is 3.53. The van der Waals surface area contributed by atoms with E-state index in [2.05, 4.69) is 4.57 Å². The molecule has 2 aromatic heterocycles. The molecule has 0 unspecified atom stereocenters. The Kier molecular flexibility index (Phi) is 4.27. The number of piperidine rings is 1. The van der Waals surface area contributed by atoms with Crippen molar-refractivity contribution in [2.75, 3.05) is 13.1 Å². The molecule has 0 radical (unpaired) electrons. The average Bonchev–Trinajstić information content (AvgIpc) is 3.11. The van der Waals surface area contributed by atoms with Crippen LogP contribution in [-0.2, 0) is 17.9 Å². The highest BCUT2D eigenvalue weighted by molar-refractivity contribution is 6.35. The Morgan fingerprint density at radius 2 is 1.93 bits per heavy atom. The standard InChI is InChI=1S/C22H22ClN3O2/c23-18-3-1-5-20-17(18)7-9-24(20)10-8-21(27)25-12-15-11-16(14-25)19-4-2-6-22(28)26(19)13-15/h1-7,9,15-16H,8,10-14H2/t15-,16+/m1/s1. The Hall–Kier alpha value is -2.53. The summed E-state index contributed by atoms with van der Waals surface area (Å²) < 4.78 is 4.00. The summed E-state index contributed by atoms with van der Waals surface area (Å²) in [6.45, 7) is 2.81. The fourth-order valence-corrected chi connectivity index (χ4v) is 5.09. The predicted octanol–water partition coefficient (Wildman–Crippen LogP) is 3.49. The van der Waals surface area contributed by atoms with Gasteiger partial charge in [0.15, 0.2) is 0 Å². The topological polar surface area (TPSA) is 47.2 Å². The second kappa shape index (κ2) is 6.82. The minimum atomic E-state index is 0.0742. The highest BCUT2D eigenvalue weighted by Gasteiger charge is 2.35. The summed E-state index contributed by atoms with van der Waals surface area (Å²) >= 11 is 6.25. The number of rotatable bonds is 3. The number of carbonyl (C=O) groups is 1. The first-order valence-electron chi connectivity index (χ1n) is 9.81. The number of aromatic nitrogens is 2. The van der Waals surface area contributed by atoms with Crippen molar-refractivity contribution in [3.63, 3.8) is 0 Å². The van der Waals surface area contributed by atoms with Crippen LogP contribution in [0.1, 0.15) is 24.5 Å². The van der Waals surface area contributed by atoms with E-state index in [4.69, 9.17) is 11.6 Å². The van der Waals surface area contributed by atoms with Gasteiger partial charge >= 0.3 is 0 Å². The van der Waals surface area contributed by atoms with Crippen LogP contribution in [-0.4, -0.2) is 33.0 Å². The van der Waals surface area contributed by atoms with Crippen molar-refractivity contribution in [3.8, 4) is 0 Å².